The average Bonchev–Trinajstić information content (AvgIpc) is 3.44. The number of ether oxygens (including phenoxy) is 1. The van der Waals surface area contributed by atoms with Gasteiger partial charge in [0, 0.05) is 26.7 Å². The van der Waals surface area contributed by atoms with Crippen LogP contribution in [0.2, 0.25) is 0 Å². The van der Waals surface area contributed by atoms with Gasteiger partial charge in [-0.3, -0.25) is 34.0 Å². The highest BCUT2D eigenvalue weighted by Gasteiger charge is 2.47. The summed E-state index contributed by atoms with van der Waals surface area (Å²) >= 11 is 0. The highest BCUT2D eigenvalue weighted by molar-refractivity contribution is 5.97. The Morgan fingerprint density at radius 3 is 1.98 bits per heavy atom. The number of nitrogens with one attached hydrogen (secondary N) is 3. The predicted octanol–water partition coefficient (Wildman–Crippen LogP) is 0.564. The number of amides is 5. The van der Waals surface area contributed by atoms with Gasteiger partial charge in [-0.25, -0.2) is 15.6 Å². The molecule has 0 aromatic carbocycles. The molecule has 0 radical (unpaired) electrons. The summed E-state index contributed by atoms with van der Waals surface area (Å²) in [5.41, 5.74) is 6.12. The second kappa shape index (κ2) is 15.1. The monoisotopic (exact) mass is 647 g/mol. The minimum absolute atomic E-state index is 0.0154. The zero-order valence-corrected chi connectivity index (χ0v) is 28.4. The van der Waals surface area contributed by atoms with Crippen molar-refractivity contribution >= 4 is 35.5 Å². The van der Waals surface area contributed by atoms with Crippen molar-refractivity contribution in [2.45, 2.75) is 123 Å². The third kappa shape index (κ3) is 7.48. The molecule has 0 aromatic rings. The lowest BCUT2D eigenvalue weighted by atomic mass is 9.98. The Morgan fingerprint density at radius 1 is 0.826 bits per heavy atom. The molecule has 4 fully saturated rings. The highest BCUT2D eigenvalue weighted by Crippen LogP contribution is 2.28. The molecular formula is C32H53N7O7. The molecule has 5 amide bonds. The van der Waals surface area contributed by atoms with Crippen LogP contribution in [-0.2, 0) is 33.5 Å². The van der Waals surface area contributed by atoms with Gasteiger partial charge >= 0.3 is 5.97 Å². The average molecular weight is 648 g/mol. The van der Waals surface area contributed by atoms with Crippen LogP contribution in [0.15, 0.2) is 0 Å². The van der Waals surface area contributed by atoms with Gasteiger partial charge < -0.3 is 19.9 Å². The van der Waals surface area contributed by atoms with Gasteiger partial charge in [-0.05, 0) is 62.7 Å². The first-order valence-corrected chi connectivity index (χ1v) is 17.0. The molecule has 0 aliphatic carbocycles. The zero-order valence-electron chi connectivity index (χ0n) is 28.4. The molecule has 4 aliphatic rings. The Hall–Kier alpha value is -3.26. The maximum atomic E-state index is 14.3. The van der Waals surface area contributed by atoms with Crippen LogP contribution in [0.25, 0.3) is 0 Å². The molecule has 14 nitrogen and oxygen atoms in total. The maximum Gasteiger partial charge on any atom is 0.329 e. The third-order valence-electron chi connectivity index (χ3n) is 9.56. The molecule has 0 saturated carbocycles. The summed E-state index contributed by atoms with van der Waals surface area (Å²) in [6.07, 6.45) is 1.70. The zero-order chi connectivity index (χ0) is 33.9. The van der Waals surface area contributed by atoms with Crippen molar-refractivity contribution in [2.24, 2.45) is 17.8 Å². The molecule has 4 rings (SSSR count). The van der Waals surface area contributed by atoms with Gasteiger partial charge in [0.15, 0.2) is 6.10 Å². The molecule has 258 valence electrons. The van der Waals surface area contributed by atoms with Gasteiger partial charge in [-0.15, -0.1) is 0 Å². The first kappa shape index (κ1) is 35.6. The van der Waals surface area contributed by atoms with Crippen molar-refractivity contribution in [1.82, 2.24) is 36.0 Å². The summed E-state index contributed by atoms with van der Waals surface area (Å²) in [7, 11) is 1.59. The number of rotatable bonds is 4. The summed E-state index contributed by atoms with van der Waals surface area (Å²) in [4.78, 5) is 87.0. The van der Waals surface area contributed by atoms with Crippen LogP contribution in [0.4, 0.5) is 0 Å². The van der Waals surface area contributed by atoms with E-state index in [9.17, 15) is 28.8 Å². The molecule has 7 atom stereocenters. The van der Waals surface area contributed by atoms with Crippen LogP contribution >= 0.6 is 0 Å². The van der Waals surface area contributed by atoms with Gasteiger partial charge in [0.25, 0.3) is 11.8 Å². The summed E-state index contributed by atoms with van der Waals surface area (Å²) in [6, 6.07) is -4.61. The molecule has 14 heteroatoms. The standard InChI is InChI=1S/C32H53N7O7/c1-8-25-31(44)39-22(12-10-14-34-39)30(43)38-21(11-9-13-33-38)28(41)36(7)24(15-18(2)3)29(42)37-17-20(6)16-23(37)27(40)35-26(19(4)5)32(45)46-25/h18-26,33-34H,8-17H2,1-7H3,(H,35,40). The third-order valence-corrected chi connectivity index (χ3v) is 9.56. The number of hydrogen-bond acceptors (Lipinski definition) is 9. The lowest BCUT2D eigenvalue weighted by Gasteiger charge is -2.44. The van der Waals surface area contributed by atoms with Crippen LogP contribution in [-0.4, -0.2) is 118 Å². The van der Waals surface area contributed by atoms with E-state index in [1.54, 1.807) is 27.8 Å². The molecular weight excluding hydrogens is 594 g/mol. The van der Waals surface area contributed by atoms with Gasteiger partial charge in [0.05, 0.1) is 0 Å². The van der Waals surface area contributed by atoms with Crippen LogP contribution in [0.3, 0.4) is 0 Å². The number of carbonyl (C=O) groups is 6. The first-order valence-electron chi connectivity index (χ1n) is 17.0. The highest BCUT2D eigenvalue weighted by atomic mass is 16.6. The van der Waals surface area contributed by atoms with Crippen molar-refractivity contribution in [1.29, 1.82) is 0 Å². The van der Waals surface area contributed by atoms with Crippen molar-refractivity contribution in [3.63, 3.8) is 0 Å². The Labute approximate surface area is 272 Å². The number of hydrazine groups is 2. The molecule has 4 saturated heterocycles. The van der Waals surface area contributed by atoms with E-state index >= 15 is 0 Å². The minimum atomic E-state index is -1.20. The smallest absolute Gasteiger partial charge is 0.329 e. The summed E-state index contributed by atoms with van der Waals surface area (Å²) < 4.78 is 5.75. The molecule has 0 spiro atoms. The molecule has 3 N–H and O–H groups in total. The molecule has 7 unspecified atom stereocenters. The van der Waals surface area contributed by atoms with E-state index in [1.165, 1.54) is 19.8 Å². The Kier molecular flexibility index (Phi) is 11.7. The van der Waals surface area contributed by atoms with E-state index in [1.807, 2.05) is 20.8 Å². The Balaban J connectivity index is 1.79. The van der Waals surface area contributed by atoms with Crippen LogP contribution in [0, 0.1) is 17.8 Å². The van der Waals surface area contributed by atoms with Crippen molar-refractivity contribution in [3.8, 4) is 0 Å². The number of esters is 1. The second-order valence-electron chi connectivity index (χ2n) is 14.1. The fourth-order valence-electron chi connectivity index (χ4n) is 6.97. The minimum Gasteiger partial charge on any atom is -0.451 e. The fraction of sp³-hybridized carbons (Fsp3) is 0.812. The summed E-state index contributed by atoms with van der Waals surface area (Å²) in [5.74, 6) is -3.26. The normalized spacial score (nSPS) is 32.6. The number of hydrogen-bond donors (Lipinski definition) is 3. The van der Waals surface area contributed by atoms with Crippen molar-refractivity contribution < 1.29 is 33.5 Å². The van der Waals surface area contributed by atoms with Gasteiger partial charge in [0.2, 0.25) is 17.7 Å². The van der Waals surface area contributed by atoms with Crippen LogP contribution < -0.4 is 16.2 Å². The Morgan fingerprint density at radius 2 is 1.41 bits per heavy atom. The van der Waals surface area contributed by atoms with Gasteiger partial charge in [0.1, 0.15) is 30.2 Å². The summed E-state index contributed by atoms with van der Waals surface area (Å²) in [6.45, 7) is 12.4. The van der Waals surface area contributed by atoms with E-state index in [2.05, 4.69) is 16.2 Å². The number of likely N-dealkylation sites (N-methyl/N-ethyl adjacent to an activating group) is 1. The fourth-order valence-corrected chi connectivity index (χ4v) is 6.97. The first-order chi connectivity index (χ1) is 21.8. The van der Waals surface area contributed by atoms with Crippen molar-refractivity contribution in [3.05, 3.63) is 0 Å². The SMILES string of the molecule is CCC1OC(=O)C(C(C)C)NC(=O)C2CC(C)CN2C(=O)C(CC(C)C)N(C)C(=O)C2CCCNN2C(=O)C2CCCNN2C1=O. The summed E-state index contributed by atoms with van der Waals surface area (Å²) in [5, 5.41) is 5.39. The predicted molar refractivity (Wildman–Crippen MR) is 168 cm³/mol. The van der Waals surface area contributed by atoms with Gasteiger partial charge in [-0.2, -0.15) is 0 Å². The molecule has 46 heavy (non-hydrogen) atoms. The molecule has 4 heterocycles. The largest absolute Gasteiger partial charge is 0.451 e. The van der Waals surface area contributed by atoms with E-state index in [0.717, 1.165) is 0 Å². The quantitative estimate of drug-likeness (QED) is 0.371. The number of carbonyl (C=O) groups excluding carboxylic acids is 6. The maximum absolute atomic E-state index is 14.3. The van der Waals surface area contributed by atoms with Crippen molar-refractivity contribution in [2.75, 3.05) is 26.7 Å². The van der Waals surface area contributed by atoms with Crippen LogP contribution in [0.1, 0.15) is 86.5 Å². The molecule has 0 bridgehead atoms. The van der Waals surface area contributed by atoms with Crippen LogP contribution in [0.5, 0.6) is 0 Å². The van der Waals surface area contributed by atoms with E-state index in [4.69, 9.17) is 4.74 Å². The topological polar surface area (TPSA) is 161 Å². The van der Waals surface area contributed by atoms with E-state index in [-0.39, 0.29) is 36.0 Å². The van der Waals surface area contributed by atoms with Gasteiger partial charge in [-0.1, -0.05) is 41.5 Å². The lowest BCUT2D eigenvalue weighted by Crippen LogP contribution is -2.67. The number of nitrogens with zero attached hydrogens (tertiary/aromatic N) is 4. The molecule has 4 aliphatic heterocycles. The Bertz CT molecular complexity index is 1180. The number of fused-ring (bicyclic) bond motifs is 3. The lowest BCUT2D eigenvalue weighted by molar-refractivity contribution is -0.172. The number of cyclic esters (lactones) is 1. The second-order valence-corrected chi connectivity index (χ2v) is 14.1. The van der Waals surface area contributed by atoms with E-state index < -0.39 is 60.0 Å². The van der Waals surface area contributed by atoms with E-state index in [0.29, 0.717) is 58.2 Å². The molecule has 0 aromatic heterocycles.